The number of nitrogens with zero attached hydrogens (tertiary/aromatic N) is 1. The molecule has 0 N–H and O–H groups in total. The van der Waals surface area contributed by atoms with Crippen LogP contribution in [-0.2, 0) is 18.9 Å². The summed E-state index contributed by atoms with van der Waals surface area (Å²) in [6.07, 6.45) is 5.54. The maximum atomic E-state index is 5.51. The van der Waals surface area contributed by atoms with Gasteiger partial charge in [0.05, 0.1) is 39.4 Å². The Kier molecular flexibility index (Phi) is 9.71. The van der Waals surface area contributed by atoms with Crippen molar-refractivity contribution in [3.05, 3.63) is 12.3 Å². The summed E-state index contributed by atoms with van der Waals surface area (Å²) in [5, 5.41) is 0. The van der Waals surface area contributed by atoms with Crippen molar-refractivity contribution >= 4 is 0 Å². The normalized spacial score (nSPS) is 18.8. The second kappa shape index (κ2) is 11.2. The van der Waals surface area contributed by atoms with Crippen LogP contribution in [0.15, 0.2) is 12.3 Å². The molecule has 1 aliphatic rings. The van der Waals surface area contributed by atoms with Gasteiger partial charge in [0, 0.05) is 6.42 Å². The van der Waals surface area contributed by atoms with Gasteiger partial charge in [-0.3, -0.25) is 4.90 Å². The third-order valence-electron chi connectivity index (χ3n) is 2.97. The second-order valence-electron chi connectivity index (χ2n) is 4.34. The molecule has 0 radical (unpaired) electrons. The van der Waals surface area contributed by atoms with Gasteiger partial charge in [-0.2, -0.15) is 0 Å². The number of allylic oxidation sites excluding steroid dienone is 1. The van der Waals surface area contributed by atoms with E-state index in [0.717, 1.165) is 25.9 Å². The second-order valence-corrected chi connectivity index (χ2v) is 4.34. The van der Waals surface area contributed by atoms with Crippen LogP contribution in [0.2, 0.25) is 0 Å². The number of hydrogen-bond donors (Lipinski definition) is 0. The lowest BCUT2D eigenvalue weighted by atomic mass is 10.3. The molecule has 1 aliphatic heterocycles. The minimum absolute atomic E-state index is 0.104. The number of hydrogen-bond acceptors (Lipinski definition) is 5. The van der Waals surface area contributed by atoms with E-state index in [0.29, 0.717) is 33.2 Å². The van der Waals surface area contributed by atoms with Crippen LogP contribution < -0.4 is 0 Å². The summed E-state index contributed by atoms with van der Waals surface area (Å²) in [6.45, 7) is 9.34. The van der Waals surface area contributed by atoms with Crippen LogP contribution in [0.4, 0.5) is 0 Å². The van der Waals surface area contributed by atoms with Crippen molar-refractivity contribution in [2.45, 2.75) is 33.0 Å². The minimum Gasteiger partial charge on any atom is -0.473 e. The van der Waals surface area contributed by atoms with E-state index >= 15 is 0 Å². The molecule has 5 heteroatoms. The molecule has 0 saturated carbocycles. The molecular weight excluding hydrogens is 246 g/mol. The smallest absolute Gasteiger partial charge is 0.199 e. The lowest BCUT2D eigenvalue weighted by Gasteiger charge is -2.19. The predicted molar refractivity (Wildman–Crippen MR) is 73.8 cm³/mol. The molecule has 1 heterocycles. The molecule has 0 amide bonds. The maximum Gasteiger partial charge on any atom is 0.199 e. The fourth-order valence-corrected chi connectivity index (χ4v) is 1.69. The SMILES string of the molecule is CCN(CC)COCCOCCOC1CCC=CO1. The molecule has 0 bridgehead atoms. The zero-order chi connectivity index (χ0) is 13.8. The standard InChI is InChI=1S/C14H27NO4/c1-3-15(4-2)13-17-10-9-16-11-12-19-14-7-5-6-8-18-14/h6,8,14H,3-5,7,9-13H2,1-2H3. The highest BCUT2D eigenvalue weighted by Crippen LogP contribution is 2.10. The van der Waals surface area contributed by atoms with Gasteiger partial charge in [-0.25, -0.2) is 0 Å². The van der Waals surface area contributed by atoms with Gasteiger partial charge in [0.15, 0.2) is 6.29 Å². The average Bonchev–Trinajstić information content (AvgIpc) is 2.47. The van der Waals surface area contributed by atoms with Crippen LogP contribution in [0.5, 0.6) is 0 Å². The van der Waals surface area contributed by atoms with Gasteiger partial charge in [0.2, 0.25) is 0 Å². The summed E-state index contributed by atoms with van der Waals surface area (Å²) < 4.78 is 21.7. The Labute approximate surface area is 116 Å². The molecule has 112 valence electrons. The van der Waals surface area contributed by atoms with E-state index in [4.69, 9.17) is 18.9 Å². The lowest BCUT2D eigenvalue weighted by molar-refractivity contribution is -0.127. The highest BCUT2D eigenvalue weighted by atomic mass is 16.7. The highest BCUT2D eigenvalue weighted by molar-refractivity contribution is 4.79. The third-order valence-corrected chi connectivity index (χ3v) is 2.97. The Bertz CT molecular complexity index is 231. The first-order chi connectivity index (χ1) is 9.36. The minimum atomic E-state index is -0.104. The average molecular weight is 273 g/mol. The topological polar surface area (TPSA) is 40.2 Å². The highest BCUT2D eigenvalue weighted by Gasteiger charge is 2.10. The van der Waals surface area contributed by atoms with E-state index < -0.39 is 0 Å². The quantitative estimate of drug-likeness (QED) is 0.425. The van der Waals surface area contributed by atoms with Crippen molar-refractivity contribution in [3.63, 3.8) is 0 Å². The van der Waals surface area contributed by atoms with Crippen LogP contribution in [-0.4, -0.2) is 57.4 Å². The number of ether oxygens (including phenoxy) is 4. The van der Waals surface area contributed by atoms with Crippen LogP contribution in [0, 0.1) is 0 Å². The Hall–Kier alpha value is -0.620. The molecule has 0 spiro atoms. The molecule has 0 aromatic rings. The van der Waals surface area contributed by atoms with E-state index in [2.05, 4.69) is 18.7 Å². The van der Waals surface area contributed by atoms with E-state index in [1.54, 1.807) is 6.26 Å². The van der Waals surface area contributed by atoms with Crippen molar-refractivity contribution in [2.24, 2.45) is 0 Å². The molecule has 1 atom stereocenters. The predicted octanol–water partition coefficient (Wildman–Crippen LogP) is 1.99. The van der Waals surface area contributed by atoms with Gasteiger partial charge in [-0.1, -0.05) is 13.8 Å². The molecule has 0 aromatic heterocycles. The first-order valence-electron chi connectivity index (χ1n) is 7.16. The van der Waals surface area contributed by atoms with Gasteiger partial charge in [-0.15, -0.1) is 0 Å². The first-order valence-corrected chi connectivity index (χ1v) is 7.16. The van der Waals surface area contributed by atoms with Crippen molar-refractivity contribution in [1.29, 1.82) is 0 Å². The summed E-state index contributed by atoms with van der Waals surface area (Å²) in [5.74, 6) is 0. The summed E-state index contributed by atoms with van der Waals surface area (Å²) >= 11 is 0. The van der Waals surface area contributed by atoms with Crippen LogP contribution >= 0.6 is 0 Å². The van der Waals surface area contributed by atoms with E-state index in [-0.39, 0.29) is 6.29 Å². The van der Waals surface area contributed by atoms with Crippen molar-refractivity contribution in [2.75, 3.05) is 46.2 Å². The zero-order valence-corrected chi connectivity index (χ0v) is 12.2. The van der Waals surface area contributed by atoms with Crippen molar-refractivity contribution < 1.29 is 18.9 Å². The molecule has 19 heavy (non-hydrogen) atoms. The van der Waals surface area contributed by atoms with Crippen molar-refractivity contribution in [3.8, 4) is 0 Å². The van der Waals surface area contributed by atoms with Crippen molar-refractivity contribution in [1.82, 2.24) is 4.90 Å². The van der Waals surface area contributed by atoms with Gasteiger partial charge in [-0.05, 0) is 25.6 Å². The fraction of sp³-hybridized carbons (Fsp3) is 0.857. The molecule has 0 aliphatic carbocycles. The lowest BCUT2D eigenvalue weighted by Crippen LogP contribution is -2.26. The monoisotopic (exact) mass is 273 g/mol. The largest absolute Gasteiger partial charge is 0.473 e. The molecule has 1 rings (SSSR count). The summed E-state index contributed by atoms with van der Waals surface area (Å²) in [7, 11) is 0. The van der Waals surface area contributed by atoms with Crippen LogP contribution in [0.3, 0.4) is 0 Å². The Morgan fingerprint density at radius 3 is 2.53 bits per heavy atom. The fourth-order valence-electron chi connectivity index (χ4n) is 1.69. The Morgan fingerprint density at radius 1 is 1.11 bits per heavy atom. The first kappa shape index (κ1) is 16.4. The molecular formula is C14H27NO4. The van der Waals surface area contributed by atoms with Crippen LogP contribution in [0.1, 0.15) is 26.7 Å². The number of rotatable bonds is 11. The summed E-state index contributed by atoms with van der Waals surface area (Å²) in [6, 6.07) is 0. The van der Waals surface area contributed by atoms with E-state index in [1.807, 2.05) is 6.08 Å². The maximum absolute atomic E-state index is 5.51. The Balaban J connectivity index is 1.82. The molecule has 1 unspecified atom stereocenters. The van der Waals surface area contributed by atoms with Crippen LogP contribution in [0.25, 0.3) is 0 Å². The van der Waals surface area contributed by atoms with Gasteiger partial charge in [0.1, 0.15) is 0 Å². The zero-order valence-electron chi connectivity index (χ0n) is 12.2. The molecule has 0 aromatic carbocycles. The van der Waals surface area contributed by atoms with Gasteiger partial charge < -0.3 is 18.9 Å². The summed E-state index contributed by atoms with van der Waals surface area (Å²) in [5.41, 5.74) is 0. The van der Waals surface area contributed by atoms with Gasteiger partial charge in [0.25, 0.3) is 0 Å². The molecule has 0 fully saturated rings. The summed E-state index contributed by atoms with van der Waals surface area (Å²) in [4.78, 5) is 2.22. The van der Waals surface area contributed by atoms with E-state index in [9.17, 15) is 0 Å². The third kappa shape index (κ3) is 8.21. The molecule has 0 saturated heterocycles. The Morgan fingerprint density at radius 2 is 1.84 bits per heavy atom. The van der Waals surface area contributed by atoms with E-state index in [1.165, 1.54) is 0 Å². The molecule has 5 nitrogen and oxygen atoms in total. The van der Waals surface area contributed by atoms with Gasteiger partial charge >= 0.3 is 0 Å².